The van der Waals surface area contributed by atoms with Gasteiger partial charge in [0.1, 0.15) is 0 Å². The molecule has 0 bridgehead atoms. The molecule has 2 rings (SSSR count). The zero-order valence-electron chi connectivity index (χ0n) is 10.0. The molecule has 1 fully saturated rings. The number of nitrogen functional groups attached to an aromatic ring is 1. The second kappa shape index (κ2) is 4.21. The molecular formula is C10H17N3O3S. The van der Waals surface area contributed by atoms with E-state index in [-0.39, 0.29) is 10.8 Å². The van der Waals surface area contributed by atoms with Gasteiger partial charge in [0.25, 0.3) is 0 Å². The van der Waals surface area contributed by atoms with Crippen molar-refractivity contribution in [3.05, 3.63) is 0 Å². The second-order valence-electron chi connectivity index (χ2n) is 4.67. The Kier molecular flexibility index (Phi) is 3.03. The summed E-state index contributed by atoms with van der Waals surface area (Å²) < 4.78 is 28.1. The molecule has 0 aliphatic carbocycles. The van der Waals surface area contributed by atoms with Gasteiger partial charge in [0.15, 0.2) is 20.6 Å². The molecule has 1 atom stereocenters. The molecule has 1 saturated heterocycles. The summed E-state index contributed by atoms with van der Waals surface area (Å²) in [7, 11) is -3.41. The topological polar surface area (TPSA) is 89.4 Å². The number of anilines is 2. The van der Waals surface area contributed by atoms with Crippen LogP contribution in [0.1, 0.15) is 19.8 Å². The van der Waals surface area contributed by atoms with Crippen LogP contribution in [0.25, 0.3) is 0 Å². The summed E-state index contributed by atoms with van der Waals surface area (Å²) in [6, 6.07) is 0. The van der Waals surface area contributed by atoms with E-state index in [1.165, 1.54) is 0 Å². The third-order valence-corrected chi connectivity index (χ3v) is 4.11. The standard InChI is InChI=1S/C10H17N3O3S/c1-7-4-3-5-13(6-7)10-8(17(2,14)15)9(11)16-12-10/h7H,3-6,11H2,1-2H3. The van der Waals surface area contributed by atoms with E-state index in [9.17, 15) is 8.42 Å². The Balaban J connectivity index is 2.39. The highest BCUT2D eigenvalue weighted by atomic mass is 32.2. The first-order valence-electron chi connectivity index (χ1n) is 5.59. The monoisotopic (exact) mass is 259 g/mol. The molecule has 7 heteroatoms. The molecule has 6 nitrogen and oxygen atoms in total. The normalized spacial score (nSPS) is 21.8. The molecule has 1 aromatic rings. The third kappa shape index (κ3) is 2.38. The molecule has 0 saturated carbocycles. The second-order valence-corrected chi connectivity index (χ2v) is 6.62. The molecule has 2 N–H and O–H groups in total. The van der Waals surface area contributed by atoms with Crippen molar-refractivity contribution in [3.63, 3.8) is 0 Å². The first-order chi connectivity index (χ1) is 7.89. The number of rotatable bonds is 2. The molecule has 1 unspecified atom stereocenters. The smallest absolute Gasteiger partial charge is 0.243 e. The Hall–Kier alpha value is -1.24. The third-order valence-electron chi connectivity index (χ3n) is 2.98. The van der Waals surface area contributed by atoms with E-state index in [0.717, 1.165) is 32.2 Å². The van der Waals surface area contributed by atoms with E-state index >= 15 is 0 Å². The summed E-state index contributed by atoms with van der Waals surface area (Å²) in [6.45, 7) is 3.71. The van der Waals surface area contributed by atoms with E-state index in [1.54, 1.807) is 0 Å². The van der Waals surface area contributed by atoms with Crippen LogP contribution >= 0.6 is 0 Å². The maximum atomic E-state index is 11.7. The van der Waals surface area contributed by atoms with Crippen LogP contribution in [0.5, 0.6) is 0 Å². The van der Waals surface area contributed by atoms with Crippen molar-refractivity contribution in [1.82, 2.24) is 5.16 Å². The van der Waals surface area contributed by atoms with Crippen molar-refractivity contribution >= 4 is 21.5 Å². The van der Waals surface area contributed by atoms with E-state index in [4.69, 9.17) is 10.3 Å². The molecule has 0 radical (unpaired) electrons. The van der Waals surface area contributed by atoms with Crippen molar-refractivity contribution in [3.8, 4) is 0 Å². The zero-order chi connectivity index (χ0) is 12.6. The lowest BCUT2D eigenvalue weighted by Gasteiger charge is -2.30. The number of nitrogens with zero attached hydrogens (tertiary/aromatic N) is 2. The number of nitrogens with two attached hydrogens (primary N) is 1. The predicted octanol–water partition coefficient (Wildman–Crippen LogP) is 0.897. The van der Waals surface area contributed by atoms with Crippen LogP contribution in [-0.4, -0.2) is 32.9 Å². The van der Waals surface area contributed by atoms with Gasteiger partial charge in [-0.2, -0.15) is 0 Å². The first-order valence-corrected chi connectivity index (χ1v) is 7.49. The first kappa shape index (κ1) is 12.2. The number of piperidine rings is 1. The number of sulfone groups is 1. The minimum atomic E-state index is -3.41. The Labute approximate surface area is 101 Å². The fourth-order valence-corrected chi connectivity index (χ4v) is 3.12. The van der Waals surface area contributed by atoms with Crippen LogP contribution in [0.15, 0.2) is 9.42 Å². The average Bonchev–Trinajstić information content (AvgIpc) is 2.59. The van der Waals surface area contributed by atoms with Crippen molar-refractivity contribution in [2.75, 3.05) is 30.0 Å². The fourth-order valence-electron chi connectivity index (χ4n) is 2.22. The number of aromatic nitrogens is 1. The Morgan fingerprint density at radius 1 is 1.53 bits per heavy atom. The predicted molar refractivity (Wildman–Crippen MR) is 64.6 cm³/mol. The molecule has 0 spiro atoms. The van der Waals surface area contributed by atoms with Crippen LogP contribution < -0.4 is 10.6 Å². The van der Waals surface area contributed by atoms with Gasteiger partial charge in [-0.25, -0.2) is 8.42 Å². The summed E-state index contributed by atoms with van der Waals surface area (Å²) in [5.74, 6) is 0.756. The Bertz CT molecular complexity index is 509. The van der Waals surface area contributed by atoms with E-state index in [1.807, 2.05) is 4.90 Å². The maximum Gasteiger partial charge on any atom is 0.243 e. The van der Waals surface area contributed by atoms with E-state index in [0.29, 0.717) is 11.7 Å². The summed E-state index contributed by atoms with van der Waals surface area (Å²) in [5, 5.41) is 3.79. The van der Waals surface area contributed by atoms with Gasteiger partial charge in [-0.1, -0.05) is 12.1 Å². The summed E-state index contributed by atoms with van der Waals surface area (Å²) in [5.41, 5.74) is 5.53. The van der Waals surface area contributed by atoms with Crippen LogP contribution in [-0.2, 0) is 9.84 Å². The number of hydrogen-bond donors (Lipinski definition) is 1. The summed E-state index contributed by atoms with van der Waals surface area (Å²) in [4.78, 5) is 1.95. The van der Waals surface area contributed by atoms with Gasteiger partial charge in [-0.15, -0.1) is 0 Å². The molecule has 0 amide bonds. The average molecular weight is 259 g/mol. The maximum absolute atomic E-state index is 11.7. The summed E-state index contributed by atoms with van der Waals surface area (Å²) >= 11 is 0. The molecule has 1 aromatic heterocycles. The number of hydrogen-bond acceptors (Lipinski definition) is 6. The zero-order valence-corrected chi connectivity index (χ0v) is 10.8. The Morgan fingerprint density at radius 2 is 2.24 bits per heavy atom. The highest BCUT2D eigenvalue weighted by Crippen LogP contribution is 2.32. The van der Waals surface area contributed by atoms with Gasteiger partial charge < -0.3 is 15.2 Å². The van der Waals surface area contributed by atoms with Crippen molar-refractivity contribution < 1.29 is 12.9 Å². The highest BCUT2D eigenvalue weighted by molar-refractivity contribution is 7.91. The molecule has 1 aliphatic heterocycles. The molecule has 1 aliphatic rings. The minimum Gasteiger partial charge on any atom is -0.366 e. The molecule has 2 heterocycles. The van der Waals surface area contributed by atoms with E-state index in [2.05, 4.69) is 12.1 Å². The lowest BCUT2D eigenvalue weighted by molar-refractivity contribution is 0.414. The Morgan fingerprint density at radius 3 is 2.82 bits per heavy atom. The molecular weight excluding hydrogens is 242 g/mol. The largest absolute Gasteiger partial charge is 0.366 e. The van der Waals surface area contributed by atoms with Crippen LogP contribution in [0.3, 0.4) is 0 Å². The van der Waals surface area contributed by atoms with Crippen LogP contribution in [0.2, 0.25) is 0 Å². The van der Waals surface area contributed by atoms with Gasteiger partial charge in [-0.3, -0.25) is 0 Å². The van der Waals surface area contributed by atoms with Gasteiger partial charge in [0.2, 0.25) is 5.88 Å². The van der Waals surface area contributed by atoms with Crippen LogP contribution in [0, 0.1) is 5.92 Å². The molecule has 0 aromatic carbocycles. The molecule has 17 heavy (non-hydrogen) atoms. The molecule has 96 valence electrons. The SMILES string of the molecule is CC1CCCN(c2noc(N)c2S(C)(=O)=O)C1. The fraction of sp³-hybridized carbons (Fsp3) is 0.700. The van der Waals surface area contributed by atoms with Crippen LogP contribution in [0.4, 0.5) is 11.7 Å². The van der Waals surface area contributed by atoms with Gasteiger partial charge in [-0.05, 0) is 18.8 Å². The minimum absolute atomic E-state index is 0.0200. The van der Waals surface area contributed by atoms with Gasteiger partial charge in [0.05, 0.1) is 0 Å². The van der Waals surface area contributed by atoms with E-state index < -0.39 is 9.84 Å². The summed E-state index contributed by atoms with van der Waals surface area (Å²) in [6.07, 6.45) is 3.29. The van der Waals surface area contributed by atoms with Gasteiger partial charge >= 0.3 is 0 Å². The lowest BCUT2D eigenvalue weighted by Crippen LogP contribution is -2.35. The van der Waals surface area contributed by atoms with Crippen molar-refractivity contribution in [1.29, 1.82) is 0 Å². The quantitative estimate of drug-likeness (QED) is 0.848. The van der Waals surface area contributed by atoms with Gasteiger partial charge in [0, 0.05) is 19.3 Å². The van der Waals surface area contributed by atoms with Crippen molar-refractivity contribution in [2.24, 2.45) is 5.92 Å². The lowest BCUT2D eigenvalue weighted by atomic mass is 10.0. The van der Waals surface area contributed by atoms with Crippen molar-refractivity contribution in [2.45, 2.75) is 24.7 Å². The highest BCUT2D eigenvalue weighted by Gasteiger charge is 2.29.